The minimum absolute atomic E-state index is 0.210. The summed E-state index contributed by atoms with van der Waals surface area (Å²) in [7, 11) is 1.57. The van der Waals surface area contributed by atoms with Crippen molar-refractivity contribution in [2.75, 3.05) is 13.7 Å². The van der Waals surface area contributed by atoms with Gasteiger partial charge < -0.3 is 14.2 Å². The molecule has 1 aliphatic heterocycles. The molecule has 7 nitrogen and oxygen atoms in total. The van der Waals surface area contributed by atoms with Crippen molar-refractivity contribution >= 4 is 35.0 Å². The van der Waals surface area contributed by atoms with E-state index in [0.29, 0.717) is 43.7 Å². The molecule has 4 aromatic rings. The van der Waals surface area contributed by atoms with E-state index in [0.717, 1.165) is 16.7 Å². The molecule has 0 spiro atoms. The van der Waals surface area contributed by atoms with Crippen LogP contribution in [0.5, 0.6) is 11.5 Å². The number of esters is 1. The summed E-state index contributed by atoms with van der Waals surface area (Å²) >= 11 is 7.24. The summed E-state index contributed by atoms with van der Waals surface area (Å²) < 4.78 is 18.8. The van der Waals surface area contributed by atoms with Crippen molar-refractivity contribution in [2.45, 2.75) is 26.5 Å². The monoisotopic (exact) mass is 574 g/mol. The van der Waals surface area contributed by atoms with Gasteiger partial charge in [-0.15, -0.1) is 0 Å². The van der Waals surface area contributed by atoms with Gasteiger partial charge in [0.15, 0.2) is 4.80 Å². The minimum atomic E-state index is -0.707. The Morgan fingerprint density at radius 3 is 2.58 bits per heavy atom. The lowest BCUT2D eigenvalue weighted by Gasteiger charge is -2.25. The van der Waals surface area contributed by atoms with Gasteiger partial charge >= 0.3 is 5.97 Å². The predicted octanol–water partition coefficient (Wildman–Crippen LogP) is 5.04. The summed E-state index contributed by atoms with van der Waals surface area (Å²) in [6, 6.07) is 21.6. The van der Waals surface area contributed by atoms with Gasteiger partial charge in [0.2, 0.25) is 0 Å². The molecule has 0 radical (unpaired) electrons. The van der Waals surface area contributed by atoms with Crippen LogP contribution in [0.4, 0.5) is 0 Å². The lowest BCUT2D eigenvalue weighted by molar-refractivity contribution is -0.139. The van der Waals surface area contributed by atoms with Crippen molar-refractivity contribution in [3.63, 3.8) is 0 Å². The van der Waals surface area contributed by atoms with E-state index in [1.807, 2.05) is 78.9 Å². The molecular weight excluding hydrogens is 548 g/mol. The molecule has 0 saturated heterocycles. The molecule has 1 atom stereocenters. The molecule has 5 rings (SSSR count). The smallest absolute Gasteiger partial charge is 0.338 e. The zero-order valence-corrected chi connectivity index (χ0v) is 23.8. The van der Waals surface area contributed by atoms with Gasteiger partial charge in [0, 0.05) is 5.02 Å². The molecule has 9 heteroatoms. The second-order valence-electron chi connectivity index (χ2n) is 9.07. The van der Waals surface area contributed by atoms with Crippen molar-refractivity contribution in [2.24, 2.45) is 4.99 Å². The lowest BCUT2D eigenvalue weighted by atomic mass is 9.95. The quantitative estimate of drug-likeness (QED) is 0.276. The third-order valence-corrected chi connectivity index (χ3v) is 7.64. The zero-order valence-electron chi connectivity index (χ0n) is 22.2. The Hall–Kier alpha value is -4.14. The van der Waals surface area contributed by atoms with E-state index in [1.54, 1.807) is 25.5 Å². The number of hydrogen-bond donors (Lipinski definition) is 0. The molecule has 1 aliphatic rings. The predicted molar refractivity (Wildman–Crippen MR) is 156 cm³/mol. The Labute approximate surface area is 240 Å². The van der Waals surface area contributed by atoms with Crippen LogP contribution in [0.15, 0.2) is 93.9 Å². The Kier molecular flexibility index (Phi) is 8.19. The van der Waals surface area contributed by atoms with E-state index >= 15 is 0 Å². The molecule has 0 bridgehead atoms. The normalized spacial score (nSPS) is 14.9. The summed E-state index contributed by atoms with van der Waals surface area (Å²) in [6.07, 6.45) is 1.81. The van der Waals surface area contributed by atoms with Gasteiger partial charge in [-0.05, 0) is 73.0 Å². The third kappa shape index (κ3) is 5.73. The lowest BCUT2D eigenvalue weighted by Crippen LogP contribution is -2.39. The molecule has 0 saturated carbocycles. The van der Waals surface area contributed by atoms with Crippen molar-refractivity contribution in [3.8, 4) is 11.5 Å². The fourth-order valence-corrected chi connectivity index (χ4v) is 5.68. The first-order valence-electron chi connectivity index (χ1n) is 12.7. The van der Waals surface area contributed by atoms with Crippen molar-refractivity contribution in [3.05, 3.63) is 125 Å². The van der Waals surface area contributed by atoms with E-state index in [2.05, 4.69) is 4.99 Å². The molecular formula is C31H27ClN2O5S. The molecule has 0 fully saturated rings. The van der Waals surface area contributed by atoms with E-state index in [-0.39, 0.29) is 12.2 Å². The Bertz CT molecular complexity index is 1770. The largest absolute Gasteiger partial charge is 0.497 e. The Morgan fingerprint density at radius 2 is 1.82 bits per heavy atom. The minimum Gasteiger partial charge on any atom is -0.497 e. The first-order chi connectivity index (χ1) is 19.4. The van der Waals surface area contributed by atoms with Gasteiger partial charge in [0.25, 0.3) is 5.56 Å². The van der Waals surface area contributed by atoms with E-state index in [9.17, 15) is 9.59 Å². The average Bonchev–Trinajstić information content (AvgIpc) is 3.26. The number of ether oxygens (including phenoxy) is 3. The SMILES string of the molecule is CCOC(=O)C1=C(C)N=c2sc(=Cc3cccc(OCc4ccc(Cl)cc4)c3)c(=O)n2C1c1cccc(OC)c1. The van der Waals surface area contributed by atoms with Gasteiger partial charge in [-0.3, -0.25) is 9.36 Å². The van der Waals surface area contributed by atoms with Crippen LogP contribution in [0.3, 0.4) is 0 Å². The Balaban J connectivity index is 1.55. The number of fused-ring (bicyclic) bond motifs is 1. The number of carbonyl (C=O) groups is 1. The second-order valence-corrected chi connectivity index (χ2v) is 10.5. The van der Waals surface area contributed by atoms with Crippen LogP contribution in [0.25, 0.3) is 6.08 Å². The number of aromatic nitrogens is 1. The summed E-state index contributed by atoms with van der Waals surface area (Å²) in [5, 5.41) is 0.672. The number of hydrogen-bond acceptors (Lipinski definition) is 7. The van der Waals surface area contributed by atoms with Gasteiger partial charge in [-0.1, -0.05) is 59.3 Å². The first-order valence-corrected chi connectivity index (χ1v) is 13.9. The van der Waals surface area contributed by atoms with Crippen LogP contribution in [-0.2, 0) is 16.1 Å². The maximum Gasteiger partial charge on any atom is 0.338 e. The van der Waals surface area contributed by atoms with Gasteiger partial charge in [0.1, 0.15) is 18.1 Å². The number of benzene rings is 3. The highest BCUT2D eigenvalue weighted by atomic mass is 35.5. The molecule has 40 heavy (non-hydrogen) atoms. The molecule has 2 heterocycles. The van der Waals surface area contributed by atoms with Crippen LogP contribution >= 0.6 is 22.9 Å². The number of nitrogens with zero attached hydrogens (tertiary/aromatic N) is 2. The van der Waals surface area contributed by atoms with E-state index in [4.69, 9.17) is 25.8 Å². The van der Waals surface area contributed by atoms with Crippen molar-refractivity contribution in [1.29, 1.82) is 0 Å². The number of rotatable bonds is 8. The molecule has 1 aromatic heterocycles. The molecule has 204 valence electrons. The van der Waals surface area contributed by atoms with Crippen molar-refractivity contribution in [1.82, 2.24) is 4.57 Å². The van der Waals surface area contributed by atoms with Gasteiger partial charge in [-0.2, -0.15) is 0 Å². The van der Waals surface area contributed by atoms with Crippen molar-refractivity contribution < 1.29 is 19.0 Å². The highest BCUT2D eigenvalue weighted by Gasteiger charge is 2.33. The fraction of sp³-hybridized carbons (Fsp3) is 0.194. The topological polar surface area (TPSA) is 79.1 Å². The molecule has 0 aliphatic carbocycles. The number of methoxy groups -OCH3 is 1. The van der Waals surface area contributed by atoms with E-state index in [1.165, 1.54) is 11.3 Å². The number of halogens is 1. The highest BCUT2D eigenvalue weighted by Crippen LogP contribution is 2.32. The molecule has 0 N–H and O–H groups in total. The zero-order chi connectivity index (χ0) is 28.2. The standard InChI is InChI=1S/C31H27ClN2O5S/c1-4-38-30(36)27-19(2)33-31-34(28(27)22-8-6-9-24(17-22)37-3)29(35)26(40-31)16-21-7-5-10-25(15-21)39-18-20-11-13-23(32)14-12-20/h5-17,28H,4,18H2,1-3H3. The maximum atomic E-state index is 13.8. The number of carbonyl (C=O) groups excluding carboxylic acids is 1. The average molecular weight is 575 g/mol. The Morgan fingerprint density at radius 1 is 1.07 bits per heavy atom. The van der Waals surface area contributed by atoms with E-state index < -0.39 is 12.0 Å². The fourth-order valence-electron chi connectivity index (χ4n) is 4.51. The van der Waals surface area contributed by atoms with Crippen LogP contribution < -0.4 is 24.4 Å². The van der Waals surface area contributed by atoms with Gasteiger partial charge in [0.05, 0.1) is 35.6 Å². The van der Waals surface area contributed by atoms with Crippen LogP contribution in [-0.4, -0.2) is 24.3 Å². The molecule has 3 aromatic carbocycles. The summed E-state index contributed by atoms with van der Waals surface area (Å²) in [4.78, 5) is 32.1. The number of thiazole rings is 1. The third-order valence-electron chi connectivity index (χ3n) is 6.40. The van der Waals surface area contributed by atoms with Crippen LogP contribution in [0.2, 0.25) is 5.02 Å². The van der Waals surface area contributed by atoms with Crippen LogP contribution in [0.1, 0.15) is 36.6 Å². The summed E-state index contributed by atoms with van der Waals surface area (Å²) in [5.74, 6) is 0.787. The molecule has 0 amide bonds. The number of allylic oxidation sites excluding steroid dienone is 1. The summed E-state index contributed by atoms with van der Waals surface area (Å²) in [5.41, 5.74) is 3.11. The van der Waals surface area contributed by atoms with Gasteiger partial charge in [-0.25, -0.2) is 9.79 Å². The maximum absolute atomic E-state index is 13.8. The molecule has 1 unspecified atom stereocenters. The second kappa shape index (κ2) is 11.9. The summed E-state index contributed by atoms with van der Waals surface area (Å²) in [6.45, 7) is 4.11. The van der Waals surface area contributed by atoms with Crippen LogP contribution in [0, 0.1) is 0 Å². The first kappa shape index (κ1) is 27.4. The highest BCUT2D eigenvalue weighted by molar-refractivity contribution is 7.07.